The van der Waals surface area contributed by atoms with E-state index in [1.165, 1.54) is 0 Å². The van der Waals surface area contributed by atoms with Gasteiger partial charge in [0, 0.05) is 17.6 Å². The summed E-state index contributed by atoms with van der Waals surface area (Å²) in [4.78, 5) is 0. The Morgan fingerprint density at radius 1 is 1.21 bits per heavy atom. The highest BCUT2D eigenvalue weighted by molar-refractivity contribution is 9.10. The van der Waals surface area contributed by atoms with Crippen LogP contribution in [-0.2, 0) is 6.42 Å². The van der Waals surface area contributed by atoms with Crippen molar-refractivity contribution in [1.29, 1.82) is 0 Å². The second-order valence-corrected chi connectivity index (χ2v) is 5.10. The fourth-order valence-electron chi connectivity index (χ4n) is 1.62. The lowest BCUT2D eigenvalue weighted by atomic mass is 10.1. The van der Waals surface area contributed by atoms with E-state index in [4.69, 9.17) is 21.7 Å². The third-order valence-corrected chi connectivity index (χ3v) is 3.60. The summed E-state index contributed by atoms with van der Waals surface area (Å²) in [6.07, 6.45) is 0.840. The zero-order chi connectivity index (χ0) is 14.3. The molecule has 0 aliphatic rings. The van der Waals surface area contributed by atoms with Crippen LogP contribution in [0.25, 0.3) is 0 Å². The first-order valence-corrected chi connectivity index (χ1v) is 7.24. The first kappa shape index (κ1) is 16.0. The van der Waals surface area contributed by atoms with Gasteiger partial charge in [0.25, 0.3) is 0 Å². The molecule has 0 radical (unpaired) electrons. The minimum atomic E-state index is 0.680. The summed E-state index contributed by atoms with van der Waals surface area (Å²) in [5.74, 6) is 1.45. The molecule has 0 heterocycles. The van der Waals surface area contributed by atoms with Crippen LogP contribution in [0.3, 0.4) is 0 Å². The highest BCUT2D eigenvalue weighted by atomic mass is 79.9. The first-order valence-electron chi connectivity index (χ1n) is 6.04. The number of hydrogen-bond donors (Lipinski definition) is 2. The van der Waals surface area contributed by atoms with Gasteiger partial charge in [-0.2, -0.15) is 0 Å². The Morgan fingerprint density at radius 2 is 1.84 bits per heavy atom. The number of halogens is 1. The highest BCUT2D eigenvalue weighted by Gasteiger charge is 2.09. The van der Waals surface area contributed by atoms with Crippen LogP contribution in [0, 0.1) is 0 Å². The van der Waals surface area contributed by atoms with Gasteiger partial charge in [0.05, 0.1) is 14.2 Å². The fraction of sp³-hybridized carbons (Fsp3) is 0.462. The van der Waals surface area contributed by atoms with E-state index < -0.39 is 0 Å². The van der Waals surface area contributed by atoms with Crippen LogP contribution in [-0.4, -0.2) is 32.4 Å². The Hall–Kier alpha value is -1.01. The van der Waals surface area contributed by atoms with Gasteiger partial charge in [0.15, 0.2) is 16.6 Å². The van der Waals surface area contributed by atoms with Gasteiger partial charge in [-0.25, -0.2) is 0 Å². The molecule has 0 aliphatic heterocycles. The standard InChI is InChI=1S/C13H19BrN2O2S/c1-4-15-13(19)16-6-5-9-7-11(17-2)12(18-3)8-10(9)14/h7-8H,4-6H2,1-3H3,(H2,15,16,19). The van der Waals surface area contributed by atoms with Gasteiger partial charge in [-0.05, 0) is 43.3 Å². The van der Waals surface area contributed by atoms with Crippen molar-refractivity contribution in [2.75, 3.05) is 27.3 Å². The Bertz CT molecular complexity index is 441. The normalized spacial score (nSPS) is 9.89. The molecule has 1 aromatic rings. The van der Waals surface area contributed by atoms with Crippen molar-refractivity contribution in [2.45, 2.75) is 13.3 Å². The van der Waals surface area contributed by atoms with E-state index >= 15 is 0 Å². The summed E-state index contributed by atoms with van der Waals surface area (Å²) < 4.78 is 11.5. The number of rotatable bonds is 6. The van der Waals surface area contributed by atoms with Crippen molar-refractivity contribution >= 4 is 33.3 Å². The largest absolute Gasteiger partial charge is 0.493 e. The molecular weight excluding hydrogens is 328 g/mol. The maximum Gasteiger partial charge on any atom is 0.166 e. The van der Waals surface area contributed by atoms with Crippen LogP contribution in [0.5, 0.6) is 11.5 Å². The summed E-state index contributed by atoms with van der Waals surface area (Å²) >= 11 is 8.65. The van der Waals surface area contributed by atoms with E-state index in [0.29, 0.717) is 10.9 Å². The first-order chi connectivity index (χ1) is 9.12. The Kier molecular flexibility index (Phi) is 6.94. The van der Waals surface area contributed by atoms with Gasteiger partial charge >= 0.3 is 0 Å². The molecule has 0 unspecified atom stereocenters. The van der Waals surface area contributed by atoms with E-state index in [9.17, 15) is 0 Å². The number of ether oxygens (including phenoxy) is 2. The van der Waals surface area contributed by atoms with Crippen molar-refractivity contribution in [3.8, 4) is 11.5 Å². The van der Waals surface area contributed by atoms with Crippen LogP contribution < -0.4 is 20.1 Å². The molecule has 0 bridgehead atoms. The van der Waals surface area contributed by atoms with Crippen LogP contribution >= 0.6 is 28.1 Å². The van der Waals surface area contributed by atoms with Gasteiger partial charge in [-0.1, -0.05) is 15.9 Å². The zero-order valence-corrected chi connectivity index (χ0v) is 13.8. The molecular formula is C13H19BrN2O2S. The second-order valence-electron chi connectivity index (χ2n) is 3.83. The number of thiocarbonyl (C=S) groups is 1. The number of hydrogen-bond acceptors (Lipinski definition) is 3. The summed E-state index contributed by atoms with van der Waals surface area (Å²) in [6, 6.07) is 3.89. The van der Waals surface area contributed by atoms with Gasteiger partial charge < -0.3 is 20.1 Å². The number of benzene rings is 1. The molecule has 0 saturated heterocycles. The van der Waals surface area contributed by atoms with E-state index in [2.05, 4.69) is 26.6 Å². The second kappa shape index (κ2) is 8.22. The molecule has 4 nitrogen and oxygen atoms in total. The van der Waals surface area contributed by atoms with Crippen molar-refractivity contribution in [3.63, 3.8) is 0 Å². The molecule has 0 aromatic heterocycles. The molecule has 0 saturated carbocycles. The van der Waals surface area contributed by atoms with Crippen LogP contribution in [0.4, 0.5) is 0 Å². The van der Waals surface area contributed by atoms with E-state index in [-0.39, 0.29) is 0 Å². The number of methoxy groups -OCH3 is 2. The molecule has 6 heteroatoms. The lowest BCUT2D eigenvalue weighted by Crippen LogP contribution is -2.36. The zero-order valence-electron chi connectivity index (χ0n) is 11.4. The minimum Gasteiger partial charge on any atom is -0.493 e. The summed E-state index contributed by atoms with van der Waals surface area (Å²) in [7, 11) is 3.26. The third-order valence-electron chi connectivity index (χ3n) is 2.57. The van der Waals surface area contributed by atoms with Crippen molar-refractivity contribution in [2.24, 2.45) is 0 Å². The molecule has 0 amide bonds. The predicted molar refractivity (Wildman–Crippen MR) is 85.2 cm³/mol. The van der Waals surface area contributed by atoms with Crippen LogP contribution in [0.2, 0.25) is 0 Å². The predicted octanol–water partition coefficient (Wildman–Crippen LogP) is 2.49. The molecule has 1 rings (SSSR count). The Balaban J connectivity index is 2.65. The quantitative estimate of drug-likeness (QED) is 0.774. The average Bonchev–Trinajstić information content (AvgIpc) is 2.40. The monoisotopic (exact) mass is 346 g/mol. The SMILES string of the molecule is CCNC(=S)NCCc1cc(OC)c(OC)cc1Br. The topological polar surface area (TPSA) is 42.5 Å². The highest BCUT2D eigenvalue weighted by Crippen LogP contribution is 2.33. The van der Waals surface area contributed by atoms with Crippen LogP contribution in [0.1, 0.15) is 12.5 Å². The molecule has 106 valence electrons. The lowest BCUT2D eigenvalue weighted by molar-refractivity contribution is 0.354. The van der Waals surface area contributed by atoms with E-state index in [1.54, 1.807) is 14.2 Å². The summed E-state index contributed by atoms with van der Waals surface area (Å²) in [5.41, 5.74) is 1.14. The molecule has 0 atom stereocenters. The summed E-state index contributed by atoms with van der Waals surface area (Å²) in [6.45, 7) is 3.60. The van der Waals surface area contributed by atoms with Crippen molar-refractivity contribution in [3.05, 3.63) is 22.2 Å². The van der Waals surface area contributed by atoms with Gasteiger partial charge in [-0.15, -0.1) is 0 Å². The van der Waals surface area contributed by atoms with Crippen molar-refractivity contribution < 1.29 is 9.47 Å². The smallest absolute Gasteiger partial charge is 0.166 e. The van der Waals surface area contributed by atoms with Crippen LogP contribution in [0.15, 0.2) is 16.6 Å². The third kappa shape index (κ3) is 4.87. The molecule has 2 N–H and O–H groups in total. The van der Waals surface area contributed by atoms with E-state index in [0.717, 1.165) is 35.3 Å². The van der Waals surface area contributed by atoms with Gasteiger partial charge in [0.1, 0.15) is 0 Å². The lowest BCUT2D eigenvalue weighted by Gasteiger charge is -2.13. The average molecular weight is 347 g/mol. The van der Waals surface area contributed by atoms with E-state index in [1.807, 2.05) is 19.1 Å². The fourth-order valence-corrected chi connectivity index (χ4v) is 2.39. The molecule has 19 heavy (non-hydrogen) atoms. The minimum absolute atomic E-state index is 0.680. The van der Waals surface area contributed by atoms with Gasteiger partial charge in [0.2, 0.25) is 0 Å². The van der Waals surface area contributed by atoms with Crippen molar-refractivity contribution in [1.82, 2.24) is 10.6 Å². The molecule has 0 spiro atoms. The molecule has 0 fully saturated rings. The summed E-state index contributed by atoms with van der Waals surface area (Å²) in [5, 5.41) is 6.88. The maximum atomic E-state index is 5.29. The molecule has 0 aliphatic carbocycles. The molecule has 1 aromatic carbocycles. The van der Waals surface area contributed by atoms with Gasteiger partial charge in [-0.3, -0.25) is 0 Å². The number of nitrogens with one attached hydrogen (secondary N) is 2. The Morgan fingerprint density at radius 3 is 2.42 bits per heavy atom. The Labute approximate surface area is 128 Å². The maximum absolute atomic E-state index is 5.29.